The lowest BCUT2D eigenvalue weighted by Gasteiger charge is -2.12. The molecule has 1 rings (SSSR count). The van der Waals surface area contributed by atoms with Crippen molar-refractivity contribution in [3.05, 3.63) is 0 Å². The smallest absolute Gasteiger partial charge is 0.0704 e. The molecule has 0 radical (unpaired) electrons. The van der Waals surface area contributed by atoms with Crippen LogP contribution in [0, 0.1) is 5.92 Å². The van der Waals surface area contributed by atoms with Crippen LogP contribution >= 0.6 is 0 Å². The first-order valence-corrected chi connectivity index (χ1v) is 5.63. The Morgan fingerprint density at radius 1 is 1.29 bits per heavy atom. The van der Waals surface area contributed by atoms with Crippen LogP contribution < -0.4 is 5.73 Å². The molecule has 0 aromatic heterocycles. The third-order valence-corrected chi connectivity index (χ3v) is 2.46. The van der Waals surface area contributed by atoms with Gasteiger partial charge < -0.3 is 15.2 Å². The van der Waals surface area contributed by atoms with Gasteiger partial charge in [0.05, 0.1) is 19.3 Å². The van der Waals surface area contributed by atoms with Gasteiger partial charge in [-0.05, 0) is 25.2 Å². The second-order valence-electron chi connectivity index (χ2n) is 4.53. The fourth-order valence-corrected chi connectivity index (χ4v) is 1.72. The monoisotopic (exact) mass is 201 g/mol. The van der Waals surface area contributed by atoms with E-state index in [2.05, 4.69) is 13.8 Å². The zero-order valence-corrected chi connectivity index (χ0v) is 9.37. The van der Waals surface area contributed by atoms with Crippen LogP contribution in [0.2, 0.25) is 0 Å². The minimum atomic E-state index is 0.358. The third kappa shape index (κ3) is 4.94. The third-order valence-electron chi connectivity index (χ3n) is 2.46. The van der Waals surface area contributed by atoms with Gasteiger partial charge in [-0.1, -0.05) is 13.8 Å². The van der Waals surface area contributed by atoms with Crippen LogP contribution in [-0.4, -0.2) is 32.0 Å². The molecule has 0 aliphatic heterocycles. The zero-order valence-electron chi connectivity index (χ0n) is 9.37. The second-order valence-corrected chi connectivity index (χ2v) is 4.53. The lowest BCUT2D eigenvalue weighted by Crippen LogP contribution is -2.19. The maximum atomic E-state index is 5.78. The summed E-state index contributed by atoms with van der Waals surface area (Å²) >= 11 is 0. The summed E-state index contributed by atoms with van der Waals surface area (Å²) in [5.41, 5.74) is 5.78. The number of nitrogens with two attached hydrogens (primary N) is 1. The van der Waals surface area contributed by atoms with Gasteiger partial charge in [-0.15, -0.1) is 0 Å². The van der Waals surface area contributed by atoms with Crippen molar-refractivity contribution in [2.45, 2.75) is 45.3 Å². The largest absolute Gasteiger partial charge is 0.379 e. The van der Waals surface area contributed by atoms with E-state index < -0.39 is 0 Å². The molecule has 14 heavy (non-hydrogen) atoms. The van der Waals surface area contributed by atoms with Gasteiger partial charge in [-0.2, -0.15) is 0 Å². The summed E-state index contributed by atoms with van der Waals surface area (Å²) in [6.07, 6.45) is 3.63. The molecule has 2 unspecified atom stereocenters. The highest BCUT2D eigenvalue weighted by atomic mass is 16.5. The molecule has 0 bridgehead atoms. The number of ether oxygens (including phenoxy) is 2. The summed E-state index contributed by atoms with van der Waals surface area (Å²) in [6.45, 7) is 6.55. The Morgan fingerprint density at radius 2 is 2.07 bits per heavy atom. The summed E-state index contributed by atoms with van der Waals surface area (Å²) < 4.78 is 11.1. The van der Waals surface area contributed by atoms with Crippen LogP contribution in [0.15, 0.2) is 0 Å². The van der Waals surface area contributed by atoms with E-state index in [1.54, 1.807) is 0 Å². The molecule has 1 fully saturated rings. The lowest BCUT2D eigenvalue weighted by atomic mass is 10.2. The fourth-order valence-electron chi connectivity index (χ4n) is 1.72. The van der Waals surface area contributed by atoms with E-state index >= 15 is 0 Å². The van der Waals surface area contributed by atoms with Crippen LogP contribution in [-0.2, 0) is 9.47 Å². The molecule has 84 valence electrons. The Morgan fingerprint density at radius 3 is 2.64 bits per heavy atom. The van der Waals surface area contributed by atoms with E-state index in [9.17, 15) is 0 Å². The van der Waals surface area contributed by atoms with Crippen LogP contribution in [0.5, 0.6) is 0 Å². The van der Waals surface area contributed by atoms with Gasteiger partial charge in [0.2, 0.25) is 0 Å². The maximum absolute atomic E-state index is 5.78. The Balaban J connectivity index is 1.89. The minimum Gasteiger partial charge on any atom is -0.379 e. The molecule has 1 aliphatic carbocycles. The highest BCUT2D eigenvalue weighted by Crippen LogP contribution is 2.19. The summed E-state index contributed by atoms with van der Waals surface area (Å²) in [7, 11) is 0. The molecule has 0 spiro atoms. The Labute approximate surface area is 86.9 Å². The van der Waals surface area contributed by atoms with Crippen LogP contribution in [0.25, 0.3) is 0 Å². The summed E-state index contributed by atoms with van der Waals surface area (Å²) in [4.78, 5) is 0. The van der Waals surface area contributed by atoms with Crippen molar-refractivity contribution < 1.29 is 9.47 Å². The van der Waals surface area contributed by atoms with Crippen molar-refractivity contribution >= 4 is 0 Å². The number of hydrogen-bond acceptors (Lipinski definition) is 3. The molecular weight excluding hydrogens is 178 g/mol. The van der Waals surface area contributed by atoms with E-state index in [0.717, 1.165) is 25.9 Å². The SMILES string of the molecule is CC(C)COCCOC1CCC(N)C1. The molecule has 1 saturated carbocycles. The van der Waals surface area contributed by atoms with Gasteiger partial charge in [0.25, 0.3) is 0 Å². The van der Waals surface area contributed by atoms with Crippen molar-refractivity contribution in [2.75, 3.05) is 19.8 Å². The fraction of sp³-hybridized carbons (Fsp3) is 1.00. The first kappa shape index (κ1) is 12.0. The molecule has 1 aliphatic rings. The van der Waals surface area contributed by atoms with E-state index in [4.69, 9.17) is 15.2 Å². The molecule has 2 atom stereocenters. The molecule has 2 N–H and O–H groups in total. The van der Waals surface area contributed by atoms with Gasteiger partial charge in [-0.3, -0.25) is 0 Å². The maximum Gasteiger partial charge on any atom is 0.0704 e. The standard InChI is InChI=1S/C11H23NO2/c1-9(2)8-13-5-6-14-11-4-3-10(12)7-11/h9-11H,3-8,12H2,1-2H3. The number of rotatable bonds is 6. The molecule has 0 heterocycles. The van der Waals surface area contributed by atoms with E-state index in [1.165, 1.54) is 0 Å². The molecule has 0 aromatic carbocycles. The molecule has 0 amide bonds. The molecule has 0 aromatic rings. The van der Waals surface area contributed by atoms with Crippen LogP contribution in [0.3, 0.4) is 0 Å². The van der Waals surface area contributed by atoms with E-state index in [-0.39, 0.29) is 0 Å². The molecule has 0 saturated heterocycles. The first-order valence-electron chi connectivity index (χ1n) is 5.63. The van der Waals surface area contributed by atoms with Gasteiger partial charge >= 0.3 is 0 Å². The van der Waals surface area contributed by atoms with Gasteiger partial charge in [0.15, 0.2) is 0 Å². The highest BCUT2D eigenvalue weighted by molar-refractivity contribution is 4.77. The van der Waals surface area contributed by atoms with Crippen molar-refractivity contribution in [1.82, 2.24) is 0 Å². The summed E-state index contributed by atoms with van der Waals surface area (Å²) in [6, 6.07) is 0.358. The summed E-state index contributed by atoms with van der Waals surface area (Å²) in [5.74, 6) is 0.606. The quantitative estimate of drug-likeness (QED) is 0.663. The van der Waals surface area contributed by atoms with E-state index in [1.807, 2.05) is 0 Å². The minimum absolute atomic E-state index is 0.358. The lowest BCUT2D eigenvalue weighted by molar-refractivity contribution is 0.00182. The van der Waals surface area contributed by atoms with Crippen molar-refractivity contribution in [1.29, 1.82) is 0 Å². The van der Waals surface area contributed by atoms with E-state index in [0.29, 0.717) is 31.3 Å². The predicted molar refractivity (Wildman–Crippen MR) is 57.2 cm³/mol. The average molecular weight is 201 g/mol. The topological polar surface area (TPSA) is 44.5 Å². The van der Waals surface area contributed by atoms with Crippen LogP contribution in [0.1, 0.15) is 33.1 Å². The van der Waals surface area contributed by atoms with Crippen molar-refractivity contribution in [3.8, 4) is 0 Å². The van der Waals surface area contributed by atoms with Crippen LogP contribution in [0.4, 0.5) is 0 Å². The van der Waals surface area contributed by atoms with Gasteiger partial charge in [0.1, 0.15) is 0 Å². The highest BCUT2D eigenvalue weighted by Gasteiger charge is 2.21. The Bertz CT molecular complexity index is 150. The summed E-state index contributed by atoms with van der Waals surface area (Å²) in [5, 5.41) is 0. The molecule has 3 heteroatoms. The zero-order chi connectivity index (χ0) is 10.4. The average Bonchev–Trinajstić information content (AvgIpc) is 2.50. The molecule has 3 nitrogen and oxygen atoms in total. The Kier molecular flexibility index (Phi) is 5.45. The first-order chi connectivity index (χ1) is 6.68. The van der Waals surface area contributed by atoms with Gasteiger partial charge in [0, 0.05) is 12.6 Å². The number of hydrogen-bond donors (Lipinski definition) is 1. The molecular formula is C11H23NO2. The Hall–Kier alpha value is -0.120. The van der Waals surface area contributed by atoms with Crippen molar-refractivity contribution in [2.24, 2.45) is 11.7 Å². The van der Waals surface area contributed by atoms with Crippen molar-refractivity contribution in [3.63, 3.8) is 0 Å². The predicted octanol–water partition coefficient (Wildman–Crippen LogP) is 1.56. The normalized spacial score (nSPS) is 27.4. The van der Waals surface area contributed by atoms with Gasteiger partial charge in [-0.25, -0.2) is 0 Å². The second kappa shape index (κ2) is 6.38.